The van der Waals surface area contributed by atoms with Gasteiger partial charge in [-0.15, -0.1) is 0 Å². The van der Waals surface area contributed by atoms with Crippen molar-refractivity contribution in [2.24, 2.45) is 5.73 Å². The molecule has 3 heteroatoms. The van der Waals surface area contributed by atoms with Gasteiger partial charge in [0, 0.05) is 18.0 Å². The van der Waals surface area contributed by atoms with Crippen molar-refractivity contribution in [3.05, 3.63) is 51.7 Å². The maximum Gasteiger partial charge on any atom is 0.127 e. The highest BCUT2D eigenvalue weighted by molar-refractivity contribution is 7.07. The largest absolute Gasteiger partial charge is 0.493 e. The van der Waals surface area contributed by atoms with Gasteiger partial charge in [0.15, 0.2) is 0 Å². The molecule has 0 aliphatic carbocycles. The van der Waals surface area contributed by atoms with Crippen molar-refractivity contribution in [3.8, 4) is 5.75 Å². The summed E-state index contributed by atoms with van der Waals surface area (Å²) >= 11 is 1.72. The van der Waals surface area contributed by atoms with Gasteiger partial charge in [-0.1, -0.05) is 18.2 Å². The molecule has 3 rings (SSSR count). The summed E-state index contributed by atoms with van der Waals surface area (Å²) < 4.78 is 5.69. The predicted octanol–water partition coefficient (Wildman–Crippen LogP) is 2.93. The molecule has 1 aliphatic heterocycles. The zero-order chi connectivity index (χ0) is 11.7. The predicted molar refractivity (Wildman–Crippen MR) is 70.6 cm³/mol. The van der Waals surface area contributed by atoms with E-state index in [-0.39, 0.29) is 6.04 Å². The Kier molecular flexibility index (Phi) is 2.87. The first kappa shape index (κ1) is 10.8. The number of hydrogen-bond donors (Lipinski definition) is 1. The molecular weight excluding hydrogens is 230 g/mol. The van der Waals surface area contributed by atoms with E-state index in [0.717, 1.165) is 30.8 Å². The summed E-state index contributed by atoms with van der Waals surface area (Å²) in [6.07, 6.45) is 1.89. The van der Waals surface area contributed by atoms with Crippen LogP contribution in [0, 0.1) is 0 Å². The SMILES string of the molecule is NC(Cc1ccsc1)c1cccc2c1OCC2. The van der Waals surface area contributed by atoms with Crippen molar-refractivity contribution in [1.29, 1.82) is 0 Å². The summed E-state index contributed by atoms with van der Waals surface area (Å²) in [5.41, 5.74) is 10.0. The summed E-state index contributed by atoms with van der Waals surface area (Å²) in [5.74, 6) is 1.02. The second-order valence-electron chi connectivity index (χ2n) is 4.38. The summed E-state index contributed by atoms with van der Waals surface area (Å²) in [5, 5.41) is 4.25. The molecule has 2 nitrogen and oxygen atoms in total. The molecule has 2 N–H and O–H groups in total. The highest BCUT2D eigenvalue weighted by atomic mass is 32.1. The third-order valence-electron chi connectivity index (χ3n) is 3.18. The number of rotatable bonds is 3. The number of nitrogens with two attached hydrogens (primary N) is 1. The van der Waals surface area contributed by atoms with E-state index in [2.05, 4.69) is 35.0 Å². The Hall–Kier alpha value is -1.32. The lowest BCUT2D eigenvalue weighted by Gasteiger charge is -2.14. The van der Waals surface area contributed by atoms with Crippen LogP contribution in [0.3, 0.4) is 0 Å². The average molecular weight is 245 g/mol. The van der Waals surface area contributed by atoms with E-state index in [9.17, 15) is 0 Å². The van der Waals surface area contributed by atoms with Gasteiger partial charge < -0.3 is 10.5 Å². The number of fused-ring (bicyclic) bond motifs is 1. The van der Waals surface area contributed by atoms with Gasteiger partial charge in [0.1, 0.15) is 5.75 Å². The summed E-state index contributed by atoms with van der Waals surface area (Å²) in [4.78, 5) is 0. The zero-order valence-electron chi connectivity index (χ0n) is 9.56. The fourth-order valence-corrected chi connectivity index (χ4v) is 2.99. The first-order chi connectivity index (χ1) is 8.34. The summed E-state index contributed by atoms with van der Waals surface area (Å²) in [6, 6.07) is 8.45. The Morgan fingerprint density at radius 1 is 1.35 bits per heavy atom. The molecule has 2 heterocycles. The minimum absolute atomic E-state index is 0.0256. The Labute approximate surface area is 105 Å². The van der Waals surface area contributed by atoms with Crippen molar-refractivity contribution in [2.75, 3.05) is 6.61 Å². The summed E-state index contributed by atoms with van der Waals surface area (Å²) in [7, 11) is 0. The van der Waals surface area contributed by atoms with E-state index < -0.39 is 0 Å². The fraction of sp³-hybridized carbons (Fsp3) is 0.286. The van der Waals surface area contributed by atoms with Gasteiger partial charge in [0.25, 0.3) is 0 Å². The Bertz CT molecular complexity index is 507. The maximum atomic E-state index is 6.28. The zero-order valence-corrected chi connectivity index (χ0v) is 10.4. The molecule has 1 aromatic heterocycles. The van der Waals surface area contributed by atoms with Crippen molar-refractivity contribution in [1.82, 2.24) is 0 Å². The highest BCUT2D eigenvalue weighted by Crippen LogP contribution is 2.33. The maximum absolute atomic E-state index is 6.28. The van der Waals surface area contributed by atoms with Crippen LogP contribution < -0.4 is 10.5 Å². The van der Waals surface area contributed by atoms with Crippen molar-refractivity contribution < 1.29 is 4.74 Å². The Morgan fingerprint density at radius 3 is 3.12 bits per heavy atom. The number of thiophene rings is 1. The quantitative estimate of drug-likeness (QED) is 0.902. The van der Waals surface area contributed by atoms with Crippen molar-refractivity contribution in [2.45, 2.75) is 18.9 Å². The second kappa shape index (κ2) is 4.51. The van der Waals surface area contributed by atoms with Gasteiger partial charge in [-0.05, 0) is 34.4 Å². The minimum atomic E-state index is 0.0256. The standard InChI is InChI=1S/C14H15NOS/c15-13(8-10-5-7-17-9-10)12-3-1-2-11-4-6-16-14(11)12/h1-3,5,7,9,13H,4,6,8,15H2. The van der Waals surface area contributed by atoms with E-state index >= 15 is 0 Å². The normalized spacial score (nSPS) is 15.4. The molecule has 0 radical (unpaired) electrons. The molecule has 0 bridgehead atoms. The van der Waals surface area contributed by atoms with Crippen LogP contribution in [0.1, 0.15) is 22.7 Å². The van der Waals surface area contributed by atoms with E-state index in [1.54, 1.807) is 11.3 Å². The molecule has 1 atom stereocenters. The van der Waals surface area contributed by atoms with Crippen LogP contribution in [0.15, 0.2) is 35.0 Å². The van der Waals surface area contributed by atoms with Crippen molar-refractivity contribution in [3.63, 3.8) is 0 Å². The number of hydrogen-bond acceptors (Lipinski definition) is 3. The van der Waals surface area contributed by atoms with Gasteiger partial charge in [0.05, 0.1) is 6.61 Å². The molecule has 0 spiro atoms. The lowest BCUT2D eigenvalue weighted by molar-refractivity contribution is 0.351. The monoisotopic (exact) mass is 245 g/mol. The van der Waals surface area contributed by atoms with Gasteiger partial charge >= 0.3 is 0 Å². The lowest BCUT2D eigenvalue weighted by atomic mass is 9.98. The van der Waals surface area contributed by atoms with E-state index in [4.69, 9.17) is 10.5 Å². The van der Waals surface area contributed by atoms with Gasteiger partial charge in [-0.3, -0.25) is 0 Å². The third kappa shape index (κ3) is 2.08. The first-order valence-corrected chi connectivity index (χ1v) is 6.80. The van der Waals surface area contributed by atoms with Crippen LogP contribution in [-0.2, 0) is 12.8 Å². The fourth-order valence-electron chi connectivity index (χ4n) is 2.31. The van der Waals surface area contributed by atoms with E-state index in [1.165, 1.54) is 11.1 Å². The van der Waals surface area contributed by atoms with Crippen LogP contribution in [0.25, 0.3) is 0 Å². The number of ether oxygens (including phenoxy) is 1. The van der Waals surface area contributed by atoms with Gasteiger partial charge in [-0.2, -0.15) is 11.3 Å². The molecule has 0 fully saturated rings. The molecule has 17 heavy (non-hydrogen) atoms. The molecule has 1 aliphatic rings. The average Bonchev–Trinajstić information content (AvgIpc) is 2.97. The summed E-state index contributed by atoms with van der Waals surface area (Å²) in [6.45, 7) is 0.789. The first-order valence-electron chi connectivity index (χ1n) is 5.86. The molecule has 0 saturated heterocycles. The Morgan fingerprint density at radius 2 is 2.29 bits per heavy atom. The van der Waals surface area contributed by atoms with Crippen LogP contribution in [0.4, 0.5) is 0 Å². The van der Waals surface area contributed by atoms with Gasteiger partial charge in [0.2, 0.25) is 0 Å². The molecular formula is C14H15NOS. The second-order valence-corrected chi connectivity index (χ2v) is 5.16. The van der Waals surface area contributed by atoms with Gasteiger partial charge in [-0.25, -0.2) is 0 Å². The smallest absolute Gasteiger partial charge is 0.127 e. The van der Waals surface area contributed by atoms with Crippen LogP contribution in [-0.4, -0.2) is 6.61 Å². The van der Waals surface area contributed by atoms with Crippen LogP contribution in [0.2, 0.25) is 0 Å². The number of benzene rings is 1. The third-order valence-corrected chi connectivity index (χ3v) is 3.91. The van der Waals surface area contributed by atoms with Crippen LogP contribution >= 0.6 is 11.3 Å². The minimum Gasteiger partial charge on any atom is -0.493 e. The molecule has 0 amide bonds. The van der Waals surface area contributed by atoms with Crippen LogP contribution in [0.5, 0.6) is 5.75 Å². The topological polar surface area (TPSA) is 35.2 Å². The van der Waals surface area contributed by atoms with E-state index in [0.29, 0.717) is 0 Å². The molecule has 1 aromatic carbocycles. The molecule has 2 aromatic rings. The highest BCUT2D eigenvalue weighted by Gasteiger charge is 2.19. The number of para-hydroxylation sites is 1. The molecule has 1 unspecified atom stereocenters. The Balaban J connectivity index is 1.86. The molecule has 88 valence electrons. The molecule has 0 saturated carbocycles. The van der Waals surface area contributed by atoms with E-state index in [1.807, 2.05) is 0 Å². The van der Waals surface area contributed by atoms with Crippen molar-refractivity contribution >= 4 is 11.3 Å². The lowest BCUT2D eigenvalue weighted by Crippen LogP contribution is -2.14.